The maximum atomic E-state index is 11.1. The van der Waals surface area contributed by atoms with Gasteiger partial charge in [-0.15, -0.1) is 0 Å². The average Bonchev–Trinajstić information content (AvgIpc) is 2.51. The van der Waals surface area contributed by atoms with Gasteiger partial charge in [-0.3, -0.25) is 0 Å². The number of carboxylic acid groups (broad SMARTS) is 1. The van der Waals surface area contributed by atoms with E-state index in [0.717, 1.165) is 23.2 Å². The van der Waals surface area contributed by atoms with E-state index in [1.165, 1.54) is 6.08 Å². The summed E-state index contributed by atoms with van der Waals surface area (Å²) in [6.45, 7) is 4.19. The fourth-order valence-electron chi connectivity index (χ4n) is 3.12. The van der Waals surface area contributed by atoms with Crippen molar-refractivity contribution in [2.45, 2.75) is 26.7 Å². The van der Waals surface area contributed by atoms with Crippen molar-refractivity contribution >= 4 is 17.7 Å². The van der Waals surface area contributed by atoms with Crippen LogP contribution in [0.5, 0.6) is 0 Å². The molecule has 0 amide bonds. The molecule has 1 aromatic carbocycles. The van der Waals surface area contributed by atoms with Crippen molar-refractivity contribution in [2.75, 3.05) is 19.0 Å². The second kappa shape index (κ2) is 7.40. The van der Waals surface area contributed by atoms with Crippen molar-refractivity contribution in [1.29, 1.82) is 5.26 Å². The molecular weight excluding hydrogens is 312 g/mol. The van der Waals surface area contributed by atoms with E-state index in [1.54, 1.807) is 0 Å². The van der Waals surface area contributed by atoms with E-state index >= 15 is 0 Å². The van der Waals surface area contributed by atoms with Crippen molar-refractivity contribution < 1.29 is 9.90 Å². The Hall–Kier alpha value is -2.80. The van der Waals surface area contributed by atoms with Crippen molar-refractivity contribution in [3.05, 3.63) is 58.7 Å². The molecule has 4 heteroatoms. The Balaban J connectivity index is 2.38. The Bertz CT molecular complexity index is 788. The highest BCUT2D eigenvalue weighted by atomic mass is 16.4. The first-order valence-electron chi connectivity index (χ1n) is 8.24. The van der Waals surface area contributed by atoms with E-state index in [4.69, 9.17) is 5.11 Å². The summed E-state index contributed by atoms with van der Waals surface area (Å²) in [6, 6.07) is 10.3. The van der Waals surface area contributed by atoms with Crippen LogP contribution >= 0.6 is 0 Å². The van der Waals surface area contributed by atoms with Gasteiger partial charge in [0.15, 0.2) is 0 Å². The van der Waals surface area contributed by atoms with Gasteiger partial charge in [-0.1, -0.05) is 38.1 Å². The Morgan fingerprint density at radius 3 is 2.36 bits per heavy atom. The van der Waals surface area contributed by atoms with Gasteiger partial charge < -0.3 is 10.0 Å². The first kappa shape index (κ1) is 18.5. The number of hydrogen-bond donors (Lipinski definition) is 1. The summed E-state index contributed by atoms with van der Waals surface area (Å²) in [5, 5.41) is 18.6. The summed E-state index contributed by atoms with van der Waals surface area (Å²) in [6.07, 6.45) is 6.43. The van der Waals surface area contributed by atoms with Crippen molar-refractivity contribution in [3.63, 3.8) is 0 Å². The number of rotatable bonds is 4. The van der Waals surface area contributed by atoms with E-state index in [1.807, 2.05) is 55.4 Å². The normalized spacial score (nSPS) is 18.4. The molecule has 0 saturated heterocycles. The van der Waals surface area contributed by atoms with Crippen LogP contribution in [0.3, 0.4) is 0 Å². The Kier molecular flexibility index (Phi) is 5.48. The molecule has 0 bridgehead atoms. The van der Waals surface area contributed by atoms with Gasteiger partial charge in [0.2, 0.25) is 0 Å². The topological polar surface area (TPSA) is 64.3 Å². The van der Waals surface area contributed by atoms with Crippen LogP contribution in [-0.4, -0.2) is 25.2 Å². The van der Waals surface area contributed by atoms with Gasteiger partial charge in [0.05, 0.1) is 11.6 Å². The number of aliphatic carboxylic acids is 1. The first-order valence-corrected chi connectivity index (χ1v) is 8.24. The van der Waals surface area contributed by atoms with Crippen LogP contribution in [0, 0.1) is 16.7 Å². The highest BCUT2D eigenvalue weighted by Crippen LogP contribution is 2.42. The van der Waals surface area contributed by atoms with Gasteiger partial charge in [-0.05, 0) is 47.1 Å². The van der Waals surface area contributed by atoms with Crippen molar-refractivity contribution in [3.8, 4) is 6.07 Å². The molecule has 1 aromatic rings. The molecule has 0 aromatic heterocycles. The van der Waals surface area contributed by atoms with E-state index in [0.29, 0.717) is 17.6 Å². The number of carbonyl (C=O) groups is 1. The van der Waals surface area contributed by atoms with Gasteiger partial charge in [0, 0.05) is 25.9 Å². The summed E-state index contributed by atoms with van der Waals surface area (Å²) in [7, 11) is 3.99. The molecule has 4 nitrogen and oxygen atoms in total. The molecule has 0 atom stereocenters. The summed E-state index contributed by atoms with van der Waals surface area (Å²) < 4.78 is 0. The molecule has 1 aliphatic rings. The van der Waals surface area contributed by atoms with Crippen molar-refractivity contribution in [2.24, 2.45) is 5.41 Å². The number of nitrogens with zero attached hydrogens (tertiary/aromatic N) is 2. The number of carboxylic acids is 1. The van der Waals surface area contributed by atoms with E-state index < -0.39 is 5.97 Å². The third kappa shape index (κ3) is 4.84. The SMILES string of the molecule is CN(C)c1ccc(/C=C/C2=C(C#N)C(=C\C(=O)O)/CC(C)(C)C2)cc1. The summed E-state index contributed by atoms with van der Waals surface area (Å²) in [5.41, 5.74) is 4.08. The maximum Gasteiger partial charge on any atom is 0.328 e. The number of hydrogen-bond acceptors (Lipinski definition) is 3. The lowest BCUT2D eigenvalue weighted by molar-refractivity contribution is -0.131. The minimum Gasteiger partial charge on any atom is -0.478 e. The fraction of sp³-hybridized carbons (Fsp3) is 0.333. The lowest BCUT2D eigenvalue weighted by Gasteiger charge is -2.32. The second-order valence-corrected chi connectivity index (χ2v) is 7.36. The first-order chi connectivity index (χ1) is 11.7. The molecular formula is C21H24N2O2. The molecule has 25 heavy (non-hydrogen) atoms. The fourth-order valence-corrected chi connectivity index (χ4v) is 3.12. The zero-order valence-corrected chi connectivity index (χ0v) is 15.2. The summed E-state index contributed by atoms with van der Waals surface area (Å²) in [4.78, 5) is 13.1. The molecule has 130 valence electrons. The molecule has 0 aliphatic heterocycles. The Morgan fingerprint density at radius 2 is 1.84 bits per heavy atom. The number of allylic oxidation sites excluding steroid dienone is 4. The predicted octanol–water partition coefficient (Wildman–Crippen LogP) is 4.42. The number of anilines is 1. The van der Waals surface area contributed by atoms with Crippen LogP contribution in [-0.2, 0) is 4.79 Å². The maximum absolute atomic E-state index is 11.1. The van der Waals surface area contributed by atoms with Crippen LogP contribution < -0.4 is 4.90 Å². The van der Waals surface area contributed by atoms with Crippen LogP contribution in [0.15, 0.2) is 53.1 Å². The van der Waals surface area contributed by atoms with Gasteiger partial charge in [-0.2, -0.15) is 5.26 Å². The molecule has 1 aliphatic carbocycles. The van der Waals surface area contributed by atoms with Crippen molar-refractivity contribution in [1.82, 2.24) is 0 Å². The zero-order chi connectivity index (χ0) is 18.6. The standard InChI is InChI=1S/C21H24N2O2/c1-21(2)12-16(19(14-22)17(13-21)11-20(24)25)8-5-15-6-9-18(10-7-15)23(3)4/h5-11H,12-13H2,1-4H3,(H,24,25)/b8-5+,17-11-. The number of benzene rings is 1. The lowest BCUT2D eigenvalue weighted by atomic mass is 9.72. The van der Waals surface area contributed by atoms with Gasteiger partial charge in [0.25, 0.3) is 0 Å². The van der Waals surface area contributed by atoms with E-state index in [-0.39, 0.29) is 5.41 Å². The highest BCUT2D eigenvalue weighted by molar-refractivity contribution is 5.82. The largest absolute Gasteiger partial charge is 0.478 e. The molecule has 1 N–H and O–H groups in total. The summed E-state index contributed by atoms with van der Waals surface area (Å²) in [5.74, 6) is -1.01. The van der Waals surface area contributed by atoms with E-state index in [9.17, 15) is 10.1 Å². The van der Waals surface area contributed by atoms with Gasteiger partial charge in [0.1, 0.15) is 0 Å². The third-order valence-electron chi connectivity index (χ3n) is 4.28. The quantitative estimate of drug-likeness (QED) is 0.827. The molecule has 0 heterocycles. The predicted molar refractivity (Wildman–Crippen MR) is 101 cm³/mol. The minimum atomic E-state index is -1.01. The van der Waals surface area contributed by atoms with Crippen LogP contribution in [0.1, 0.15) is 32.3 Å². The van der Waals surface area contributed by atoms with Gasteiger partial charge >= 0.3 is 5.97 Å². The molecule has 2 rings (SSSR count). The molecule has 0 spiro atoms. The van der Waals surface area contributed by atoms with E-state index in [2.05, 4.69) is 19.9 Å². The molecule has 0 saturated carbocycles. The molecule has 0 radical (unpaired) electrons. The zero-order valence-electron chi connectivity index (χ0n) is 15.2. The lowest BCUT2D eigenvalue weighted by Crippen LogP contribution is -2.20. The monoisotopic (exact) mass is 336 g/mol. The molecule has 0 unspecified atom stereocenters. The third-order valence-corrected chi connectivity index (χ3v) is 4.28. The second-order valence-electron chi connectivity index (χ2n) is 7.36. The molecule has 0 fully saturated rings. The highest BCUT2D eigenvalue weighted by Gasteiger charge is 2.30. The van der Waals surface area contributed by atoms with Gasteiger partial charge in [-0.25, -0.2) is 4.79 Å². The van der Waals surface area contributed by atoms with Crippen LogP contribution in [0.25, 0.3) is 6.08 Å². The summed E-state index contributed by atoms with van der Waals surface area (Å²) >= 11 is 0. The van der Waals surface area contributed by atoms with Crippen LogP contribution in [0.2, 0.25) is 0 Å². The number of nitriles is 1. The Morgan fingerprint density at radius 1 is 1.20 bits per heavy atom. The average molecular weight is 336 g/mol. The smallest absolute Gasteiger partial charge is 0.328 e. The van der Waals surface area contributed by atoms with Crippen LogP contribution in [0.4, 0.5) is 5.69 Å². The Labute approximate surface area is 149 Å². The minimum absolute atomic E-state index is 0.0733.